The van der Waals surface area contributed by atoms with Crippen molar-refractivity contribution >= 4 is 6.16 Å². The van der Waals surface area contributed by atoms with Gasteiger partial charge in [-0.25, -0.2) is 4.79 Å². The zero-order valence-corrected chi connectivity index (χ0v) is 4.09. The molecule has 0 saturated carbocycles. The molecule has 1 atom stereocenters. The smallest absolute Gasteiger partial charge is 0.429 e. The molecule has 0 radical (unpaired) electrons. The summed E-state index contributed by atoms with van der Waals surface area (Å²) in [7, 11) is 0. The average Bonchev–Trinajstić information content (AvgIpc) is 2.14. The first-order valence-electron chi connectivity index (χ1n) is 2.12. The minimum atomic E-state index is -0.673. The maximum Gasteiger partial charge on any atom is 0.509 e. The van der Waals surface area contributed by atoms with Crippen LogP contribution >= 0.6 is 0 Å². The maximum absolute atomic E-state index is 10.1. The summed E-state index contributed by atoms with van der Waals surface area (Å²) in [6, 6.07) is 0. The third-order valence-electron chi connectivity index (χ3n) is 0.777. The lowest BCUT2D eigenvalue weighted by atomic mass is 10.4. The van der Waals surface area contributed by atoms with Crippen molar-refractivity contribution in [2.45, 2.75) is 6.10 Å². The Morgan fingerprint density at radius 3 is 2.88 bits per heavy atom. The summed E-state index contributed by atoms with van der Waals surface area (Å²) in [5.74, 6) is 2.23. The zero-order valence-electron chi connectivity index (χ0n) is 4.09. The van der Waals surface area contributed by atoms with Crippen molar-refractivity contribution in [2.24, 2.45) is 0 Å². The Balaban J connectivity index is 2.47. The van der Waals surface area contributed by atoms with Gasteiger partial charge in [-0.05, 0) is 0 Å². The molecule has 3 heteroatoms. The Hall–Kier alpha value is -1.17. The molecular weight excluding hydrogens is 108 g/mol. The predicted molar refractivity (Wildman–Crippen MR) is 25.1 cm³/mol. The molecule has 0 aromatic rings. The van der Waals surface area contributed by atoms with Gasteiger partial charge in [0.2, 0.25) is 0 Å². The summed E-state index contributed by atoms with van der Waals surface area (Å²) in [5, 5.41) is 0. The molecule has 42 valence electrons. The lowest BCUT2D eigenvalue weighted by Crippen LogP contribution is -2.04. The topological polar surface area (TPSA) is 35.5 Å². The van der Waals surface area contributed by atoms with Crippen LogP contribution < -0.4 is 0 Å². The highest BCUT2D eigenvalue weighted by atomic mass is 16.8. The SMILES string of the molecule is C#C[C@H]1COC(=O)O1. The van der Waals surface area contributed by atoms with E-state index in [1.54, 1.807) is 0 Å². The largest absolute Gasteiger partial charge is 0.509 e. The molecule has 3 nitrogen and oxygen atoms in total. The minimum Gasteiger partial charge on any atom is -0.429 e. The van der Waals surface area contributed by atoms with Crippen LogP contribution in [0.4, 0.5) is 4.79 Å². The van der Waals surface area contributed by atoms with E-state index in [2.05, 4.69) is 15.4 Å². The lowest BCUT2D eigenvalue weighted by molar-refractivity contribution is 0.126. The van der Waals surface area contributed by atoms with Crippen LogP contribution in [0.2, 0.25) is 0 Å². The first kappa shape index (κ1) is 4.98. The summed E-state index contributed by atoms with van der Waals surface area (Å²) in [6.45, 7) is 0.190. The van der Waals surface area contributed by atoms with E-state index in [4.69, 9.17) is 6.42 Å². The number of cyclic esters (lactones) is 2. The van der Waals surface area contributed by atoms with Crippen molar-refractivity contribution in [2.75, 3.05) is 6.61 Å². The van der Waals surface area contributed by atoms with E-state index < -0.39 is 12.3 Å². The Labute approximate surface area is 46.6 Å². The number of terminal acetylenes is 1. The summed E-state index contributed by atoms with van der Waals surface area (Å²) in [6.07, 6.45) is 3.75. The van der Waals surface area contributed by atoms with Crippen LogP contribution in [0.15, 0.2) is 0 Å². The molecule has 0 unspecified atom stereocenters. The fourth-order valence-electron chi connectivity index (χ4n) is 0.410. The molecule has 1 aliphatic heterocycles. The van der Waals surface area contributed by atoms with Crippen molar-refractivity contribution in [3.63, 3.8) is 0 Å². The van der Waals surface area contributed by atoms with Gasteiger partial charge in [0, 0.05) is 0 Å². The number of rotatable bonds is 0. The first-order valence-corrected chi connectivity index (χ1v) is 2.12. The summed E-state index contributed by atoms with van der Waals surface area (Å²) < 4.78 is 8.77. The number of hydrogen-bond acceptors (Lipinski definition) is 3. The van der Waals surface area contributed by atoms with E-state index in [1.807, 2.05) is 0 Å². The number of carbonyl (C=O) groups is 1. The van der Waals surface area contributed by atoms with Crippen molar-refractivity contribution in [1.29, 1.82) is 0 Å². The molecular formula is C5H4O3. The molecule has 1 saturated heterocycles. The first-order chi connectivity index (χ1) is 3.83. The Kier molecular flexibility index (Phi) is 1.09. The van der Waals surface area contributed by atoms with Gasteiger partial charge in [0.1, 0.15) is 6.61 Å². The quantitative estimate of drug-likeness (QED) is 0.330. The number of carbonyl (C=O) groups excluding carboxylic acids is 1. The molecule has 1 aliphatic rings. The monoisotopic (exact) mass is 112 g/mol. The summed E-state index contributed by atoms with van der Waals surface area (Å²) in [4.78, 5) is 10.1. The van der Waals surface area contributed by atoms with Gasteiger partial charge >= 0.3 is 6.16 Å². The molecule has 0 bridgehead atoms. The van der Waals surface area contributed by atoms with E-state index in [0.29, 0.717) is 0 Å². The standard InChI is InChI=1S/C5H4O3/c1-2-4-3-7-5(6)8-4/h1,4H,3H2/t4-/m0/s1. The Morgan fingerprint density at radius 2 is 2.62 bits per heavy atom. The highest BCUT2D eigenvalue weighted by Gasteiger charge is 2.21. The molecule has 0 N–H and O–H groups in total. The van der Waals surface area contributed by atoms with E-state index in [9.17, 15) is 4.79 Å². The van der Waals surface area contributed by atoms with Crippen molar-refractivity contribution < 1.29 is 14.3 Å². The van der Waals surface area contributed by atoms with Crippen LogP contribution in [0.5, 0.6) is 0 Å². The van der Waals surface area contributed by atoms with E-state index >= 15 is 0 Å². The molecule has 8 heavy (non-hydrogen) atoms. The normalized spacial score (nSPS) is 25.9. The van der Waals surface area contributed by atoms with Gasteiger partial charge in [0.15, 0.2) is 6.10 Å². The van der Waals surface area contributed by atoms with Crippen LogP contribution in [-0.2, 0) is 9.47 Å². The molecule has 0 aliphatic carbocycles. The third kappa shape index (κ3) is 0.733. The van der Waals surface area contributed by atoms with Crippen LogP contribution in [-0.4, -0.2) is 18.9 Å². The maximum atomic E-state index is 10.1. The van der Waals surface area contributed by atoms with Gasteiger partial charge in [0.25, 0.3) is 0 Å². The fraction of sp³-hybridized carbons (Fsp3) is 0.400. The van der Waals surface area contributed by atoms with Crippen LogP contribution in [0.3, 0.4) is 0 Å². The third-order valence-corrected chi connectivity index (χ3v) is 0.777. The number of hydrogen-bond donors (Lipinski definition) is 0. The van der Waals surface area contributed by atoms with Crippen molar-refractivity contribution in [3.05, 3.63) is 0 Å². The molecule has 0 aromatic carbocycles. The van der Waals surface area contributed by atoms with Gasteiger partial charge in [-0.3, -0.25) is 0 Å². The average molecular weight is 112 g/mol. The van der Waals surface area contributed by atoms with E-state index in [-0.39, 0.29) is 6.61 Å². The van der Waals surface area contributed by atoms with E-state index in [1.165, 1.54) is 0 Å². The molecule has 1 heterocycles. The molecule has 0 aromatic heterocycles. The van der Waals surface area contributed by atoms with Gasteiger partial charge in [-0.15, -0.1) is 6.42 Å². The van der Waals surface area contributed by atoms with Gasteiger partial charge in [-0.1, -0.05) is 5.92 Å². The van der Waals surface area contributed by atoms with Crippen LogP contribution in [0.1, 0.15) is 0 Å². The Morgan fingerprint density at radius 1 is 1.88 bits per heavy atom. The Bertz CT molecular complexity index is 144. The van der Waals surface area contributed by atoms with Gasteiger partial charge in [-0.2, -0.15) is 0 Å². The molecule has 1 fully saturated rings. The highest BCUT2D eigenvalue weighted by molar-refractivity contribution is 5.62. The second kappa shape index (κ2) is 1.74. The molecule has 0 spiro atoms. The second-order valence-corrected chi connectivity index (χ2v) is 1.33. The summed E-state index contributed by atoms with van der Waals surface area (Å²) >= 11 is 0. The van der Waals surface area contributed by atoms with Crippen molar-refractivity contribution in [3.8, 4) is 12.3 Å². The van der Waals surface area contributed by atoms with Gasteiger partial charge < -0.3 is 9.47 Å². The van der Waals surface area contributed by atoms with Crippen LogP contribution in [0, 0.1) is 12.3 Å². The zero-order chi connectivity index (χ0) is 5.98. The lowest BCUT2D eigenvalue weighted by Gasteiger charge is -1.89. The van der Waals surface area contributed by atoms with E-state index in [0.717, 1.165) is 0 Å². The van der Waals surface area contributed by atoms with Gasteiger partial charge in [0.05, 0.1) is 0 Å². The number of ether oxygens (including phenoxy) is 2. The second-order valence-electron chi connectivity index (χ2n) is 1.33. The predicted octanol–water partition coefficient (Wildman–Crippen LogP) is 0.155. The molecule has 1 rings (SSSR count). The molecule has 0 amide bonds. The minimum absolute atomic E-state index is 0.190. The summed E-state index contributed by atoms with van der Waals surface area (Å²) in [5.41, 5.74) is 0. The fourth-order valence-corrected chi connectivity index (χ4v) is 0.410. The van der Waals surface area contributed by atoms with Crippen molar-refractivity contribution in [1.82, 2.24) is 0 Å². The highest BCUT2D eigenvalue weighted by Crippen LogP contribution is 2.03. The van der Waals surface area contributed by atoms with Crippen LogP contribution in [0.25, 0.3) is 0 Å².